The van der Waals surface area contributed by atoms with Crippen LogP contribution < -0.4 is 4.74 Å². The van der Waals surface area contributed by atoms with E-state index in [1.165, 1.54) is 19.2 Å². The van der Waals surface area contributed by atoms with Crippen molar-refractivity contribution in [3.05, 3.63) is 51.3 Å². The Hall–Kier alpha value is -3.07. The van der Waals surface area contributed by atoms with Crippen molar-refractivity contribution >= 4 is 17.3 Å². The second-order valence-electron chi connectivity index (χ2n) is 4.69. The van der Waals surface area contributed by atoms with Crippen LogP contribution in [-0.2, 0) is 0 Å². The minimum Gasteiger partial charge on any atom is -0.495 e. The van der Waals surface area contributed by atoms with Crippen LogP contribution in [0.15, 0.2) is 30.3 Å². The molecular formula is C14H9ClFN5O3. The third-order valence-electron chi connectivity index (χ3n) is 3.31. The first kappa shape index (κ1) is 15.8. The molecule has 0 saturated heterocycles. The highest BCUT2D eigenvalue weighted by Gasteiger charge is 2.22. The van der Waals surface area contributed by atoms with E-state index in [4.69, 9.17) is 16.3 Å². The monoisotopic (exact) mass is 349 g/mol. The van der Waals surface area contributed by atoms with Gasteiger partial charge in [0.1, 0.15) is 11.6 Å². The van der Waals surface area contributed by atoms with Crippen molar-refractivity contribution in [2.75, 3.05) is 7.11 Å². The van der Waals surface area contributed by atoms with Crippen molar-refractivity contribution < 1.29 is 14.1 Å². The van der Waals surface area contributed by atoms with E-state index in [0.29, 0.717) is 11.3 Å². The molecule has 0 aliphatic rings. The van der Waals surface area contributed by atoms with E-state index in [2.05, 4.69) is 20.6 Å². The van der Waals surface area contributed by atoms with Gasteiger partial charge in [-0.25, -0.2) is 4.39 Å². The van der Waals surface area contributed by atoms with Gasteiger partial charge >= 0.3 is 0 Å². The molecule has 0 amide bonds. The molecule has 122 valence electrons. The van der Waals surface area contributed by atoms with Crippen molar-refractivity contribution in [2.24, 2.45) is 0 Å². The maximum absolute atomic E-state index is 14.6. The molecule has 1 heterocycles. The van der Waals surface area contributed by atoms with Crippen LogP contribution in [0.25, 0.3) is 22.5 Å². The van der Waals surface area contributed by atoms with E-state index < -0.39 is 16.4 Å². The van der Waals surface area contributed by atoms with Crippen LogP contribution in [0.5, 0.6) is 5.75 Å². The molecule has 3 rings (SSSR count). The fourth-order valence-electron chi connectivity index (χ4n) is 2.27. The number of H-pyrrole nitrogens is 1. The summed E-state index contributed by atoms with van der Waals surface area (Å²) >= 11 is 6.09. The molecule has 3 aromatic rings. The first-order valence-electron chi connectivity index (χ1n) is 6.57. The Labute approximate surface area is 139 Å². The van der Waals surface area contributed by atoms with Gasteiger partial charge in [0.05, 0.1) is 23.1 Å². The maximum atomic E-state index is 14.6. The lowest BCUT2D eigenvalue weighted by Gasteiger charge is -2.10. The number of tetrazole rings is 1. The first-order chi connectivity index (χ1) is 11.5. The highest BCUT2D eigenvalue weighted by Crippen LogP contribution is 2.38. The molecule has 0 fully saturated rings. The Morgan fingerprint density at radius 1 is 1.33 bits per heavy atom. The van der Waals surface area contributed by atoms with Gasteiger partial charge < -0.3 is 4.74 Å². The van der Waals surface area contributed by atoms with Crippen LogP contribution in [0.4, 0.5) is 10.1 Å². The molecule has 10 heteroatoms. The summed E-state index contributed by atoms with van der Waals surface area (Å²) in [6.45, 7) is 0. The average Bonchev–Trinajstić information content (AvgIpc) is 3.08. The third-order valence-corrected chi connectivity index (χ3v) is 3.61. The molecule has 24 heavy (non-hydrogen) atoms. The summed E-state index contributed by atoms with van der Waals surface area (Å²) in [7, 11) is 1.46. The van der Waals surface area contributed by atoms with Gasteiger partial charge in [-0.15, -0.1) is 10.2 Å². The van der Waals surface area contributed by atoms with E-state index in [9.17, 15) is 14.5 Å². The third kappa shape index (κ3) is 2.76. The minimum atomic E-state index is -0.801. The highest BCUT2D eigenvalue weighted by atomic mass is 35.5. The van der Waals surface area contributed by atoms with Gasteiger partial charge in [-0.1, -0.05) is 17.7 Å². The molecule has 8 nitrogen and oxygen atoms in total. The fourth-order valence-corrected chi connectivity index (χ4v) is 2.52. The molecule has 0 atom stereocenters. The predicted molar refractivity (Wildman–Crippen MR) is 83.2 cm³/mol. The molecule has 0 aliphatic heterocycles. The summed E-state index contributed by atoms with van der Waals surface area (Å²) in [6, 6.07) is 6.66. The fraction of sp³-hybridized carbons (Fsp3) is 0.0714. The number of nitro benzene ring substituents is 1. The molecule has 1 N–H and O–H groups in total. The van der Waals surface area contributed by atoms with Gasteiger partial charge in [0.25, 0.3) is 5.69 Å². The van der Waals surface area contributed by atoms with Crippen LogP contribution in [0, 0.1) is 15.9 Å². The average molecular weight is 350 g/mol. The van der Waals surface area contributed by atoms with Gasteiger partial charge in [0.15, 0.2) is 0 Å². The van der Waals surface area contributed by atoms with Crippen molar-refractivity contribution in [1.82, 2.24) is 20.6 Å². The van der Waals surface area contributed by atoms with Crippen molar-refractivity contribution in [2.45, 2.75) is 0 Å². The number of nitrogens with zero attached hydrogens (tertiary/aromatic N) is 4. The van der Waals surface area contributed by atoms with Crippen LogP contribution in [-0.4, -0.2) is 32.7 Å². The number of nitro groups is 1. The lowest BCUT2D eigenvalue weighted by Crippen LogP contribution is -1.97. The number of nitrogens with one attached hydrogen (secondary N) is 1. The summed E-state index contributed by atoms with van der Waals surface area (Å²) in [5.74, 6) is -0.353. The Bertz CT molecular complexity index is 917. The van der Waals surface area contributed by atoms with Crippen LogP contribution in [0.3, 0.4) is 0 Å². The SMILES string of the molecule is COc1ccc(-c2c(F)cc([N+](=O)[O-])cc2-c2nn[nH]n2)cc1Cl. The van der Waals surface area contributed by atoms with Gasteiger partial charge in [-0.05, 0) is 22.9 Å². The van der Waals surface area contributed by atoms with Crippen LogP contribution in [0.2, 0.25) is 5.02 Å². The largest absolute Gasteiger partial charge is 0.495 e. The number of benzene rings is 2. The first-order valence-corrected chi connectivity index (χ1v) is 6.94. The molecule has 0 aliphatic carbocycles. The summed E-state index contributed by atoms with van der Waals surface area (Å²) in [5, 5.41) is 24.5. The maximum Gasteiger partial charge on any atom is 0.273 e. The summed E-state index contributed by atoms with van der Waals surface area (Å²) in [6.07, 6.45) is 0. The Balaban J connectivity index is 2.27. The standard InChI is InChI=1S/C14H9ClFN5O3/c1-24-12-3-2-7(4-10(12)15)13-9(14-17-19-20-18-14)5-8(21(22)23)6-11(13)16/h2-6H,1H3,(H,17,18,19,20). The number of ether oxygens (including phenoxy) is 1. The van der Waals surface area contributed by atoms with Gasteiger partial charge in [0, 0.05) is 17.2 Å². The van der Waals surface area contributed by atoms with E-state index >= 15 is 0 Å². The lowest BCUT2D eigenvalue weighted by atomic mass is 9.97. The summed E-state index contributed by atoms with van der Waals surface area (Å²) < 4.78 is 19.7. The molecule has 0 radical (unpaired) electrons. The molecular weight excluding hydrogens is 341 g/mol. The number of methoxy groups -OCH3 is 1. The minimum absolute atomic E-state index is 0.0274. The lowest BCUT2D eigenvalue weighted by molar-refractivity contribution is -0.385. The predicted octanol–water partition coefficient (Wildman–Crippen LogP) is 3.24. The molecule has 1 aromatic heterocycles. The zero-order valence-electron chi connectivity index (χ0n) is 12.2. The quantitative estimate of drug-likeness (QED) is 0.572. The molecule has 0 spiro atoms. The number of halogens is 2. The van der Waals surface area contributed by atoms with E-state index in [1.54, 1.807) is 12.1 Å². The Morgan fingerprint density at radius 3 is 2.71 bits per heavy atom. The van der Waals surface area contributed by atoms with E-state index in [1.807, 2.05) is 0 Å². The molecule has 0 saturated carbocycles. The van der Waals surface area contributed by atoms with Crippen molar-refractivity contribution in [1.29, 1.82) is 0 Å². The van der Waals surface area contributed by atoms with Gasteiger partial charge in [-0.2, -0.15) is 5.21 Å². The number of rotatable bonds is 4. The second kappa shape index (κ2) is 6.20. The smallest absolute Gasteiger partial charge is 0.273 e. The summed E-state index contributed by atoms with van der Waals surface area (Å²) in [5.41, 5.74) is 0.173. The highest BCUT2D eigenvalue weighted by molar-refractivity contribution is 6.32. The summed E-state index contributed by atoms with van der Waals surface area (Å²) in [4.78, 5) is 10.3. The van der Waals surface area contributed by atoms with Crippen molar-refractivity contribution in [3.8, 4) is 28.3 Å². The number of hydrogen-bond donors (Lipinski definition) is 1. The molecule has 0 unspecified atom stereocenters. The van der Waals surface area contributed by atoms with E-state index in [0.717, 1.165) is 6.07 Å². The van der Waals surface area contributed by atoms with Gasteiger partial charge in [-0.3, -0.25) is 10.1 Å². The normalized spacial score (nSPS) is 10.6. The molecule has 2 aromatic carbocycles. The number of hydrogen-bond acceptors (Lipinski definition) is 6. The molecule has 0 bridgehead atoms. The van der Waals surface area contributed by atoms with Crippen LogP contribution >= 0.6 is 11.6 Å². The number of aromatic amines is 1. The van der Waals surface area contributed by atoms with Crippen LogP contribution in [0.1, 0.15) is 0 Å². The zero-order valence-corrected chi connectivity index (χ0v) is 12.9. The Kier molecular flexibility index (Phi) is 4.09. The zero-order chi connectivity index (χ0) is 17.3. The Morgan fingerprint density at radius 2 is 2.12 bits per heavy atom. The number of non-ortho nitro benzene ring substituents is 1. The second-order valence-corrected chi connectivity index (χ2v) is 5.10. The van der Waals surface area contributed by atoms with Crippen molar-refractivity contribution in [3.63, 3.8) is 0 Å². The topological polar surface area (TPSA) is 107 Å². The van der Waals surface area contributed by atoms with Gasteiger partial charge in [0.2, 0.25) is 5.82 Å². The van der Waals surface area contributed by atoms with E-state index in [-0.39, 0.29) is 22.0 Å². The number of aromatic nitrogens is 4.